The van der Waals surface area contributed by atoms with Crippen LogP contribution < -0.4 is 15.0 Å². The van der Waals surface area contributed by atoms with E-state index < -0.39 is 5.91 Å². The van der Waals surface area contributed by atoms with Crippen LogP contribution in [0.5, 0.6) is 5.75 Å². The number of benzene rings is 2. The van der Waals surface area contributed by atoms with E-state index in [2.05, 4.69) is 38.0 Å². The van der Waals surface area contributed by atoms with Gasteiger partial charge in [-0.2, -0.15) is 5.26 Å². The molecule has 2 aromatic rings. The van der Waals surface area contributed by atoms with Gasteiger partial charge in [-0.25, -0.2) is 0 Å². The van der Waals surface area contributed by atoms with Gasteiger partial charge in [0.2, 0.25) is 0 Å². The Morgan fingerprint density at radius 1 is 1.37 bits per heavy atom. The van der Waals surface area contributed by atoms with Gasteiger partial charge in [0.15, 0.2) is 0 Å². The van der Waals surface area contributed by atoms with Crippen LogP contribution in [-0.4, -0.2) is 25.6 Å². The van der Waals surface area contributed by atoms with Gasteiger partial charge in [0, 0.05) is 35.1 Å². The summed E-state index contributed by atoms with van der Waals surface area (Å²) in [4.78, 5) is 14.9. The lowest BCUT2D eigenvalue weighted by molar-refractivity contribution is -0.112. The lowest BCUT2D eigenvalue weighted by atomic mass is 9.80. The first-order valence-electron chi connectivity index (χ1n) is 9.80. The van der Waals surface area contributed by atoms with Gasteiger partial charge in [-0.05, 0) is 67.7 Å². The number of hydrogen-bond acceptors (Lipinski definition) is 4. The van der Waals surface area contributed by atoms with E-state index in [4.69, 9.17) is 16.3 Å². The van der Waals surface area contributed by atoms with Crippen LogP contribution in [0.15, 0.2) is 42.0 Å². The van der Waals surface area contributed by atoms with E-state index in [0.717, 1.165) is 17.7 Å². The first-order chi connectivity index (χ1) is 14.2. The fraction of sp³-hybridized carbons (Fsp3) is 0.333. The van der Waals surface area contributed by atoms with Crippen LogP contribution in [0.1, 0.15) is 44.2 Å². The smallest absolute Gasteiger partial charge is 0.266 e. The molecule has 5 nitrogen and oxygen atoms in total. The third-order valence-electron chi connectivity index (χ3n) is 5.74. The number of nitriles is 1. The van der Waals surface area contributed by atoms with Crippen molar-refractivity contribution in [3.8, 4) is 11.8 Å². The van der Waals surface area contributed by atoms with E-state index in [1.54, 1.807) is 37.5 Å². The van der Waals surface area contributed by atoms with Crippen molar-refractivity contribution in [3.05, 3.63) is 58.1 Å². The number of ether oxygens (including phenoxy) is 1. The first-order valence-corrected chi connectivity index (χ1v) is 10.2. The Balaban J connectivity index is 1.93. The highest BCUT2D eigenvalue weighted by Gasteiger charge is 2.34. The quantitative estimate of drug-likeness (QED) is 0.512. The van der Waals surface area contributed by atoms with E-state index in [-0.39, 0.29) is 11.1 Å². The van der Waals surface area contributed by atoms with Crippen molar-refractivity contribution in [1.29, 1.82) is 5.26 Å². The minimum atomic E-state index is -0.495. The molecule has 1 N–H and O–H groups in total. The zero-order valence-corrected chi connectivity index (χ0v) is 18.7. The Labute approximate surface area is 182 Å². The molecular weight excluding hydrogens is 398 g/mol. The maximum Gasteiger partial charge on any atom is 0.266 e. The van der Waals surface area contributed by atoms with Gasteiger partial charge in [-0.3, -0.25) is 4.79 Å². The number of halogens is 1. The van der Waals surface area contributed by atoms with Crippen molar-refractivity contribution in [2.75, 3.05) is 24.4 Å². The second-order valence-corrected chi connectivity index (χ2v) is 8.67. The van der Waals surface area contributed by atoms with Gasteiger partial charge in [0.1, 0.15) is 17.4 Å². The summed E-state index contributed by atoms with van der Waals surface area (Å²) < 4.78 is 5.17. The van der Waals surface area contributed by atoms with E-state index in [0.29, 0.717) is 27.9 Å². The maximum absolute atomic E-state index is 12.7. The van der Waals surface area contributed by atoms with E-state index in [9.17, 15) is 10.1 Å². The molecule has 0 fully saturated rings. The molecule has 156 valence electrons. The van der Waals surface area contributed by atoms with Gasteiger partial charge in [0.25, 0.3) is 5.91 Å². The average Bonchev–Trinajstić information content (AvgIpc) is 2.70. The highest BCUT2D eigenvalue weighted by atomic mass is 35.5. The Hall–Kier alpha value is -2.97. The van der Waals surface area contributed by atoms with E-state index in [1.165, 1.54) is 0 Å². The van der Waals surface area contributed by atoms with Crippen LogP contribution in [0.2, 0.25) is 5.02 Å². The number of nitrogens with zero attached hydrogens (tertiary/aromatic N) is 2. The number of carbonyl (C=O) groups excluding carboxylic acids is 1. The van der Waals surface area contributed by atoms with Crippen molar-refractivity contribution in [1.82, 2.24) is 0 Å². The highest BCUT2D eigenvalue weighted by Crippen LogP contribution is 2.44. The maximum atomic E-state index is 12.7. The summed E-state index contributed by atoms with van der Waals surface area (Å²) in [7, 11) is 3.62. The largest absolute Gasteiger partial charge is 0.497 e. The number of methoxy groups -OCH3 is 1. The van der Waals surface area contributed by atoms with Crippen LogP contribution in [0.25, 0.3) is 6.08 Å². The number of anilines is 2. The third-order valence-corrected chi connectivity index (χ3v) is 6.07. The second kappa shape index (κ2) is 8.41. The summed E-state index contributed by atoms with van der Waals surface area (Å²) >= 11 is 6.54. The molecule has 1 atom stereocenters. The topological polar surface area (TPSA) is 65.4 Å². The number of hydrogen-bond donors (Lipinski definition) is 1. The standard InChI is InChI=1S/C24H26ClN3O2/c1-15-13-24(2,3)28(4)22-12-21(25)16(10-20(15)22)9-17(14-26)23(29)27-18-7-6-8-19(11-18)30-5/h6-12,15H,13H2,1-5H3,(H,27,29)/b17-9-/t15-/m0/s1. The molecule has 0 spiro atoms. The van der Waals surface area contributed by atoms with Crippen molar-refractivity contribution < 1.29 is 9.53 Å². The lowest BCUT2D eigenvalue weighted by Gasteiger charge is -2.45. The molecule has 0 unspecified atom stereocenters. The normalized spacial score (nSPS) is 17.7. The van der Waals surface area contributed by atoms with Gasteiger partial charge in [0.05, 0.1) is 7.11 Å². The van der Waals surface area contributed by atoms with Crippen molar-refractivity contribution in [2.45, 2.75) is 38.6 Å². The number of fused-ring (bicyclic) bond motifs is 1. The monoisotopic (exact) mass is 423 g/mol. The molecule has 0 radical (unpaired) electrons. The SMILES string of the molecule is COc1cccc(NC(=O)/C(C#N)=C\c2cc3c(cc2Cl)N(C)C(C)(C)C[C@@H]3C)c1. The minimum Gasteiger partial charge on any atom is -0.497 e. The minimum absolute atomic E-state index is 0.0168. The number of nitrogens with one attached hydrogen (secondary N) is 1. The van der Waals surface area contributed by atoms with Crippen LogP contribution in [0, 0.1) is 11.3 Å². The molecule has 3 rings (SSSR count). The molecular formula is C24H26ClN3O2. The molecule has 1 heterocycles. The number of carbonyl (C=O) groups is 1. The van der Waals surface area contributed by atoms with Gasteiger partial charge < -0.3 is 15.0 Å². The average molecular weight is 424 g/mol. The van der Waals surface area contributed by atoms with Crippen LogP contribution in [0.3, 0.4) is 0 Å². The summed E-state index contributed by atoms with van der Waals surface area (Å²) in [6.07, 6.45) is 2.55. The summed E-state index contributed by atoms with van der Waals surface area (Å²) in [6.45, 7) is 6.62. The molecule has 2 aromatic carbocycles. The van der Waals surface area contributed by atoms with Crippen molar-refractivity contribution in [3.63, 3.8) is 0 Å². The van der Waals surface area contributed by atoms with Gasteiger partial charge in [-0.1, -0.05) is 24.6 Å². The molecule has 0 aliphatic carbocycles. The zero-order valence-electron chi connectivity index (χ0n) is 17.9. The second-order valence-electron chi connectivity index (χ2n) is 8.27. The van der Waals surface area contributed by atoms with Crippen LogP contribution >= 0.6 is 11.6 Å². The van der Waals surface area contributed by atoms with Crippen LogP contribution in [-0.2, 0) is 4.79 Å². The molecule has 0 bridgehead atoms. The predicted octanol–water partition coefficient (Wildman–Crippen LogP) is 5.62. The first kappa shape index (κ1) is 21.7. The Morgan fingerprint density at radius 3 is 2.77 bits per heavy atom. The number of rotatable bonds is 4. The van der Waals surface area contributed by atoms with E-state index >= 15 is 0 Å². The Kier molecular flexibility index (Phi) is 6.09. The third kappa shape index (κ3) is 4.29. The molecule has 30 heavy (non-hydrogen) atoms. The predicted molar refractivity (Wildman–Crippen MR) is 122 cm³/mol. The molecule has 1 aliphatic heterocycles. The molecule has 0 aromatic heterocycles. The fourth-order valence-electron chi connectivity index (χ4n) is 3.92. The molecule has 6 heteroatoms. The van der Waals surface area contributed by atoms with Crippen LogP contribution in [0.4, 0.5) is 11.4 Å². The number of amides is 1. The highest BCUT2D eigenvalue weighted by molar-refractivity contribution is 6.32. The summed E-state index contributed by atoms with van der Waals surface area (Å²) in [5, 5.41) is 12.8. The fourth-order valence-corrected chi connectivity index (χ4v) is 4.13. The molecule has 1 amide bonds. The van der Waals surface area contributed by atoms with Crippen molar-refractivity contribution in [2.24, 2.45) is 0 Å². The van der Waals surface area contributed by atoms with Gasteiger partial charge >= 0.3 is 0 Å². The Bertz CT molecular complexity index is 1050. The zero-order chi connectivity index (χ0) is 22.1. The molecule has 0 saturated carbocycles. The summed E-state index contributed by atoms with van der Waals surface area (Å²) in [5.41, 5.74) is 3.47. The van der Waals surface area contributed by atoms with E-state index in [1.807, 2.05) is 18.2 Å². The molecule has 1 aliphatic rings. The Morgan fingerprint density at radius 2 is 2.10 bits per heavy atom. The summed E-state index contributed by atoms with van der Waals surface area (Å²) in [6, 6.07) is 12.9. The summed E-state index contributed by atoms with van der Waals surface area (Å²) in [5.74, 6) is 0.464. The lowest BCUT2D eigenvalue weighted by Crippen LogP contribution is -2.45. The van der Waals surface area contributed by atoms with Gasteiger partial charge in [-0.15, -0.1) is 0 Å². The molecule has 0 saturated heterocycles. The van der Waals surface area contributed by atoms with Crippen molar-refractivity contribution >= 4 is 35.0 Å².